The third-order valence-corrected chi connectivity index (χ3v) is 4.79. The van der Waals surface area contributed by atoms with E-state index in [1.807, 2.05) is 29.2 Å². The van der Waals surface area contributed by atoms with Gasteiger partial charge in [-0.2, -0.15) is 0 Å². The summed E-state index contributed by atoms with van der Waals surface area (Å²) in [6.07, 6.45) is 0.914. The molecule has 1 atom stereocenters. The molecule has 22 heavy (non-hydrogen) atoms. The van der Waals surface area contributed by atoms with Crippen molar-refractivity contribution in [3.05, 3.63) is 52.3 Å². The highest BCUT2D eigenvalue weighted by atomic mass is 79.9. The van der Waals surface area contributed by atoms with E-state index < -0.39 is 0 Å². The highest BCUT2D eigenvalue weighted by molar-refractivity contribution is 9.10. The minimum atomic E-state index is -0.0284. The fourth-order valence-electron chi connectivity index (χ4n) is 3.11. The van der Waals surface area contributed by atoms with E-state index in [1.165, 1.54) is 11.4 Å². The van der Waals surface area contributed by atoms with Crippen molar-refractivity contribution in [1.29, 1.82) is 0 Å². The number of aromatic nitrogens is 1. The summed E-state index contributed by atoms with van der Waals surface area (Å²) in [6.45, 7) is 5.85. The zero-order chi connectivity index (χ0) is 15.7. The summed E-state index contributed by atoms with van der Waals surface area (Å²) in [4.78, 5) is 14.6. The van der Waals surface area contributed by atoms with Crippen LogP contribution in [0.1, 0.15) is 30.8 Å². The van der Waals surface area contributed by atoms with Crippen LogP contribution in [0.5, 0.6) is 0 Å². The second-order valence-corrected chi connectivity index (χ2v) is 6.52. The maximum absolute atomic E-state index is 12.6. The van der Waals surface area contributed by atoms with E-state index in [1.54, 1.807) is 0 Å². The molecule has 1 N–H and O–H groups in total. The van der Waals surface area contributed by atoms with Gasteiger partial charge in [0.1, 0.15) is 0 Å². The predicted molar refractivity (Wildman–Crippen MR) is 92.1 cm³/mol. The molecule has 0 unspecified atom stereocenters. The summed E-state index contributed by atoms with van der Waals surface area (Å²) in [5.41, 5.74) is 3.32. The number of rotatable bonds is 2. The average molecular weight is 362 g/mol. The van der Waals surface area contributed by atoms with Gasteiger partial charge in [0.25, 0.3) is 0 Å². The Labute approximate surface area is 139 Å². The molecule has 5 heteroatoms. The third kappa shape index (κ3) is 2.77. The Kier molecular flexibility index (Phi) is 4.25. The first-order valence-electron chi connectivity index (χ1n) is 7.59. The molecule has 0 aliphatic carbocycles. The molecule has 0 spiro atoms. The highest BCUT2D eigenvalue weighted by Gasteiger charge is 2.30. The van der Waals surface area contributed by atoms with Crippen molar-refractivity contribution in [3.8, 4) is 0 Å². The number of benzene rings is 1. The number of hydrogen-bond acceptors (Lipinski definition) is 1. The van der Waals surface area contributed by atoms with Gasteiger partial charge in [-0.05, 0) is 49.7 Å². The van der Waals surface area contributed by atoms with Crippen LogP contribution in [0, 0.1) is 6.92 Å². The lowest BCUT2D eigenvalue weighted by molar-refractivity contribution is 0.165. The number of hydrogen-bond donors (Lipinski definition) is 1. The lowest BCUT2D eigenvalue weighted by atomic mass is 10.1. The van der Waals surface area contributed by atoms with E-state index in [0.717, 1.165) is 29.7 Å². The molecule has 3 rings (SSSR count). The number of aryl methyl sites for hydroxylation is 1. The van der Waals surface area contributed by atoms with Crippen molar-refractivity contribution in [2.45, 2.75) is 32.9 Å². The standard InChI is InChI=1S/C17H20BrN3O/c1-3-15-16-9-4-12(2)20(16)10-11-21(15)17(22)19-14-7-5-13(18)6-8-14/h4-9,15H,3,10-11H2,1-2H3,(H,19,22)/t15-/m0/s1. The first-order valence-corrected chi connectivity index (χ1v) is 8.38. The maximum Gasteiger partial charge on any atom is 0.322 e. The Morgan fingerprint density at radius 1 is 1.23 bits per heavy atom. The van der Waals surface area contributed by atoms with Crippen LogP contribution < -0.4 is 5.32 Å². The van der Waals surface area contributed by atoms with Crippen LogP contribution in [0.25, 0.3) is 0 Å². The second kappa shape index (κ2) is 6.16. The molecule has 2 amide bonds. The molecule has 0 radical (unpaired) electrons. The Morgan fingerprint density at radius 2 is 1.95 bits per heavy atom. The average Bonchev–Trinajstić information content (AvgIpc) is 2.90. The number of carbonyl (C=O) groups excluding carboxylic acids is 1. The molecule has 1 aromatic heterocycles. The van der Waals surface area contributed by atoms with Crippen molar-refractivity contribution in [1.82, 2.24) is 9.47 Å². The Balaban J connectivity index is 1.79. The fraction of sp³-hybridized carbons (Fsp3) is 0.353. The van der Waals surface area contributed by atoms with Crippen LogP contribution in [0.3, 0.4) is 0 Å². The number of amides is 2. The molecule has 0 fully saturated rings. The van der Waals surface area contributed by atoms with Crippen molar-refractivity contribution in [3.63, 3.8) is 0 Å². The molecule has 0 saturated carbocycles. The third-order valence-electron chi connectivity index (χ3n) is 4.26. The van der Waals surface area contributed by atoms with Gasteiger partial charge in [0.15, 0.2) is 0 Å². The summed E-state index contributed by atoms with van der Waals surface area (Å²) in [5, 5.41) is 3.00. The number of urea groups is 1. The monoisotopic (exact) mass is 361 g/mol. The number of fused-ring (bicyclic) bond motifs is 1. The Hall–Kier alpha value is -1.75. The molecule has 116 valence electrons. The first-order chi connectivity index (χ1) is 10.6. The summed E-state index contributed by atoms with van der Waals surface area (Å²) in [5.74, 6) is 0. The number of nitrogens with one attached hydrogen (secondary N) is 1. The lowest BCUT2D eigenvalue weighted by Crippen LogP contribution is -2.44. The predicted octanol–water partition coefficient (Wildman–Crippen LogP) is 4.56. The van der Waals surface area contributed by atoms with Crippen LogP contribution in [0.15, 0.2) is 40.9 Å². The van der Waals surface area contributed by atoms with Crippen LogP contribution in [0.4, 0.5) is 10.5 Å². The largest absolute Gasteiger partial charge is 0.345 e. The smallest absolute Gasteiger partial charge is 0.322 e. The van der Waals surface area contributed by atoms with Gasteiger partial charge < -0.3 is 14.8 Å². The molecule has 1 aliphatic heterocycles. The van der Waals surface area contributed by atoms with Crippen LogP contribution in [-0.4, -0.2) is 22.0 Å². The SMILES string of the molecule is CC[C@H]1c2ccc(C)n2CCN1C(=O)Nc1ccc(Br)cc1. The van der Waals surface area contributed by atoms with Gasteiger partial charge in [0, 0.05) is 34.6 Å². The summed E-state index contributed by atoms with van der Waals surface area (Å²) in [6, 6.07) is 12.0. The normalized spacial score (nSPS) is 17.2. The Morgan fingerprint density at radius 3 is 2.64 bits per heavy atom. The van der Waals surface area contributed by atoms with Gasteiger partial charge in [-0.15, -0.1) is 0 Å². The van der Waals surface area contributed by atoms with Gasteiger partial charge >= 0.3 is 6.03 Å². The van der Waals surface area contributed by atoms with Gasteiger partial charge in [-0.3, -0.25) is 0 Å². The van der Waals surface area contributed by atoms with Crippen molar-refractivity contribution >= 4 is 27.6 Å². The summed E-state index contributed by atoms with van der Waals surface area (Å²) < 4.78 is 3.32. The summed E-state index contributed by atoms with van der Waals surface area (Å²) >= 11 is 3.40. The number of nitrogens with zero attached hydrogens (tertiary/aromatic N) is 2. The van der Waals surface area contributed by atoms with E-state index in [9.17, 15) is 4.79 Å². The Bertz CT molecular complexity index is 678. The zero-order valence-electron chi connectivity index (χ0n) is 12.8. The second-order valence-electron chi connectivity index (χ2n) is 5.61. The molecule has 2 aromatic rings. The van der Waals surface area contributed by atoms with Gasteiger partial charge in [-0.25, -0.2) is 4.79 Å². The van der Waals surface area contributed by atoms with Crippen molar-refractivity contribution in [2.24, 2.45) is 0 Å². The van der Waals surface area contributed by atoms with E-state index in [-0.39, 0.29) is 12.1 Å². The fourth-order valence-corrected chi connectivity index (χ4v) is 3.37. The highest BCUT2D eigenvalue weighted by Crippen LogP contribution is 2.30. The van der Waals surface area contributed by atoms with Crippen LogP contribution >= 0.6 is 15.9 Å². The molecule has 0 saturated heterocycles. The van der Waals surface area contributed by atoms with E-state index >= 15 is 0 Å². The van der Waals surface area contributed by atoms with E-state index in [0.29, 0.717) is 0 Å². The molecular weight excluding hydrogens is 342 g/mol. The van der Waals surface area contributed by atoms with Gasteiger partial charge in [0.05, 0.1) is 6.04 Å². The zero-order valence-corrected chi connectivity index (χ0v) is 14.4. The van der Waals surface area contributed by atoms with Gasteiger partial charge in [-0.1, -0.05) is 22.9 Å². The minimum absolute atomic E-state index is 0.0284. The maximum atomic E-state index is 12.6. The molecule has 2 heterocycles. The van der Waals surface area contributed by atoms with Crippen LogP contribution in [-0.2, 0) is 6.54 Å². The first kappa shape index (κ1) is 15.2. The molecule has 1 aliphatic rings. The van der Waals surface area contributed by atoms with Crippen molar-refractivity contribution < 1.29 is 4.79 Å². The minimum Gasteiger partial charge on any atom is -0.345 e. The molecule has 1 aromatic carbocycles. The lowest BCUT2D eigenvalue weighted by Gasteiger charge is -2.37. The van der Waals surface area contributed by atoms with Gasteiger partial charge in [0.2, 0.25) is 0 Å². The number of anilines is 1. The number of carbonyl (C=O) groups is 1. The summed E-state index contributed by atoms with van der Waals surface area (Å²) in [7, 11) is 0. The number of halogens is 1. The molecule has 0 bridgehead atoms. The van der Waals surface area contributed by atoms with Crippen LogP contribution in [0.2, 0.25) is 0 Å². The quantitative estimate of drug-likeness (QED) is 0.836. The topological polar surface area (TPSA) is 37.3 Å². The molecular formula is C17H20BrN3O. The molecule has 4 nitrogen and oxygen atoms in total. The van der Waals surface area contributed by atoms with E-state index in [4.69, 9.17) is 0 Å². The van der Waals surface area contributed by atoms with Crippen molar-refractivity contribution in [2.75, 3.05) is 11.9 Å². The van der Waals surface area contributed by atoms with E-state index in [2.05, 4.69) is 51.8 Å².